The van der Waals surface area contributed by atoms with Gasteiger partial charge < -0.3 is 0 Å². The average Bonchev–Trinajstić information content (AvgIpc) is 3.02. The van der Waals surface area contributed by atoms with E-state index >= 15 is 0 Å². The maximum absolute atomic E-state index is 14.3. The topological polar surface area (TPSA) is 17.1 Å². The van der Waals surface area contributed by atoms with Gasteiger partial charge in [0.15, 0.2) is 5.78 Å². The van der Waals surface area contributed by atoms with E-state index in [1.807, 2.05) is 40.7 Å². The van der Waals surface area contributed by atoms with Crippen molar-refractivity contribution in [3.05, 3.63) is 137 Å². The second-order valence-electron chi connectivity index (χ2n) is 13.5. The molecule has 0 heterocycles. The van der Waals surface area contributed by atoms with Gasteiger partial charge in [0.05, 0.1) is 0 Å². The molecule has 0 atom stereocenters. The Labute approximate surface area is 310 Å². The van der Waals surface area contributed by atoms with Crippen LogP contribution in [-0.4, -0.2) is 5.78 Å². The molecule has 0 saturated carbocycles. The Kier molecular flexibility index (Phi) is 37.8. The van der Waals surface area contributed by atoms with E-state index in [9.17, 15) is 13.6 Å². The van der Waals surface area contributed by atoms with Gasteiger partial charge >= 0.3 is 0 Å². The van der Waals surface area contributed by atoms with E-state index in [0.29, 0.717) is 11.5 Å². The van der Waals surface area contributed by atoms with Crippen molar-refractivity contribution in [2.24, 2.45) is 11.8 Å². The first kappa shape index (κ1) is 55.8. The van der Waals surface area contributed by atoms with Gasteiger partial charge in [0, 0.05) is 11.1 Å². The fraction of sp³-hybridized carbons (Fsp3) is 0.468. The maximum atomic E-state index is 14.3. The van der Waals surface area contributed by atoms with Crippen LogP contribution in [0.3, 0.4) is 0 Å². The van der Waals surface area contributed by atoms with Crippen LogP contribution in [-0.2, 0) is 4.79 Å². The number of ketones is 1. The Morgan fingerprint density at radius 3 is 1.52 bits per heavy atom. The normalized spacial score (nSPS) is 10.7. The van der Waals surface area contributed by atoms with Crippen molar-refractivity contribution in [2.45, 2.75) is 137 Å². The summed E-state index contributed by atoms with van der Waals surface area (Å²) >= 11 is 0. The van der Waals surface area contributed by atoms with E-state index < -0.39 is 11.6 Å². The molecule has 0 unspecified atom stereocenters. The number of carbonyl (C=O) groups is 1. The van der Waals surface area contributed by atoms with Gasteiger partial charge in [-0.3, -0.25) is 4.79 Å². The van der Waals surface area contributed by atoms with Gasteiger partial charge in [-0.15, -0.1) is 6.58 Å². The number of carbonyl (C=O) groups excluding carboxylic acids is 1. The molecular weight excluding hydrogens is 619 g/mol. The molecule has 50 heavy (non-hydrogen) atoms. The molecule has 1 aromatic rings. The van der Waals surface area contributed by atoms with E-state index in [0.717, 1.165) is 22.6 Å². The second kappa shape index (κ2) is 33.9. The fourth-order valence-corrected chi connectivity index (χ4v) is 3.09. The van der Waals surface area contributed by atoms with Crippen molar-refractivity contribution < 1.29 is 13.6 Å². The standard InChI is InChI=1S/C18H20F2.C12H20.C5H12.C4H6O.C4H8.C4H10/c1-11(2)15(12(3)4)10-17(20)14(6)18-13(5)8-7-9-16(18)19;1-7-8-10(4)12(6)11(5)9(2)3;1-4-5(2)3;1-3-4(2)5;1-4(2)3;1-3-4-2/h7-10H,1,6H2,2-5H3;7-9H,1H2,2-6H3;5H,4H2,1-3H3;3H,1H2,2H3;1H2,2-3H3;3-4H2,1-2H3/b17-10+;10-8-,12-11+;;;;. The summed E-state index contributed by atoms with van der Waals surface area (Å²) in [7, 11) is 0. The lowest BCUT2D eigenvalue weighted by atomic mass is 9.95. The molecule has 1 nitrogen and oxygen atoms in total. The molecule has 0 aliphatic heterocycles. The predicted molar refractivity (Wildman–Crippen MR) is 227 cm³/mol. The number of benzene rings is 1. The van der Waals surface area contributed by atoms with Gasteiger partial charge in [-0.05, 0) is 122 Å². The van der Waals surface area contributed by atoms with Crippen LogP contribution in [0.4, 0.5) is 8.78 Å². The van der Waals surface area contributed by atoms with Gasteiger partial charge in [-0.25, -0.2) is 8.78 Å². The molecule has 1 rings (SSSR count). The first-order chi connectivity index (χ1) is 22.9. The first-order valence-corrected chi connectivity index (χ1v) is 17.8. The minimum atomic E-state index is -0.544. The third kappa shape index (κ3) is 32.9. The van der Waals surface area contributed by atoms with Crippen LogP contribution >= 0.6 is 0 Å². The third-order valence-corrected chi connectivity index (χ3v) is 7.10. The van der Waals surface area contributed by atoms with Crippen molar-refractivity contribution >= 4 is 11.4 Å². The Morgan fingerprint density at radius 2 is 1.26 bits per heavy atom. The van der Waals surface area contributed by atoms with Gasteiger partial charge in [0.2, 0.25) is 0 Å². The molecule has 0 N–H and O–H groups in total. The summed E-state index contributed by atoms with van der Waals surface area (Å²) < 4.78 is 28.2. The van der Waals surface area contributed by atoms with Crippen LogP contribution in [0.25, 0.3) is 5.57 Å². The summed E-state index contributed by atoms with van der Waals surface area (Å²) in [5, 5.41) is 0. The van der Waals surface area contributed by atoms with Crippen LogP contribution in [0.2, 0.25) is 0 Å². The molecule has 0 spiro atoms. The summed E-state index contributed by atoms with van der Waals surface area (Å²) in [5.41, 5.74) is 8.71. The molecule has 284 valence electrons. The maximum Gasteiger partial charge on any atom is 0.152 e. The number of halogens is 2. The SMILES string of the molecule is C=C(C)C.C=C(C)C(/C=C(/F)C(=C)c1c(C)cccc1F)=C(C)C.C=C/C=C(C)\C(C)=C(/C)C(C)C.C=CC(C)=O.CCC(C)C.CCCC. The summed E-state index contributed by atoms with van der Waals surface area (Å²) in [5.74, 6) is 0.531. The van der Waals surface area contributed by atoms with Gasteiger partial charge in [0.1, 0.15) is 11.6 Å². The zero-order valence-electron chi connectivity index (χ0n) is 35.5. The summed E-state index contributed by atoms with van der Waals surface area (Å²) in [6, 6.07) is 4.64. The zero-order valence-corrected chi connectivity index (χ0v) is 35.5. The molecule has 0 saturated heterocycles. The lowest BCUT2D eigenvalue weighted by molar-refractivity contribution is -0.112. The Bertz CT molecular complexity index is 1280. The summed E-state index contributed by atoms with van der Waals surface area (Å²) in [6.45, 7) is 52.6. The van der Waals surface area contributed by atoms with E-state index in [2.05, 4.69) is 108 Å². The lowest BCUT2D eigenvalue weighted by Gasteiger charge is -2.11. The highest BCUT2D eigenvalue weighted by atomic mass is 19.1. The van der Waals surface area contributed by atoms with Crippen molar-refractivity contribution in [3.8, 4) is 0 Å². The number of allylic oxidation sites excluding steroid dienone is 13. The zero-order chi connectivity index (χ0) is 40.7. The molecule has 0 radical (unpaired) electrons. The molecule has 0 bridgehead atoms. The molecule has 0 aromatic heterocycles. The van der Waals surface area contributed by atoms with E-state index in [-0.39, 0.29) is 16.9 Å². The average molecular weight is 695 g/mol. The highest BCUT2D eigenvalue weighted by Crippen LogP contribution is 2.30. The van der Waals surface area contributed by atoms with Crippen molar-refractivity contribution in [1.82, 2.24) is 0 Å². The van der Waals surface area contributed by atoms with E-state index in [1.165, 1.54) is 66.7 Å². The molecule has 1 aromatic carbocycles. The second-order valence-corrected chi connectivity index (χ2v) is 13.5. The van der Waals surface area contributed by atoms with Gasteiger partial charge in [-0.2, -0.15) is 0 Å². The van der Waals surface area contributed by atoms with E-state index in [4.69, 9.17) is 0 Å². The number of rotatable bonds is 10. The first-order valence-electron chi connectivity index (χ1n) is 17.8. The van der Waals surface area contributed by atoms with Crippen LogP contribution < -0.4 is 0 Å². The van der Waals surface area contributed by atoms with Crippen LogP contribution in [0.5, 0.6) is 0 Å². The summed E-state index contributed by atoms with van der Waals surface area (Å²) in [4.78, 5) is 9.69. The quantitative estimate of drug-likeness (QED) is 0.135. The van der Waals surface area contributed by atoms with Gasteiger partial charge in [0.25, 0.3) is 0 Å². The highest BCUT2D eigenvalue weighted by Gasteiger charge is 2.14. The molecule has 3 heteroatoms. The van der Waals surface area contributed by atoms with Crippen LogP contribution in [0.1, 0.15) is 141 Å². The minimum Gasteiger partial charge on any atom is -0.295 e. The molecule has 0 fully saturated rings. The smallest absolute Gasteiger partial charge is 0.152 e. The Balaban J connectivity index is -0.000000190. The number of hydrogen-bond acceptors (Lipinski definition) is 1. The van der Waals surface area contributed by atoms with E-state index in [1.54, 1.807) is 19.1 Å². The van der Waals surface area contributed by atoms with Crippen LogP contribution in [0.15, 0.2) is 120 Å². The van der Waals surface area contributed by atoms with Crippen molar-refractivity contribution in [2.75, 3.05) is 0 Å². The number of unbranched alkanes of at least 4 members (excludes halogenated alkanes) is 1. The van der Waals surface area contributed by atoms with Gasteiger partial charge in [-0.1, -0.05) is 141 Å². The summed E-state index contributed by atoms with van der Waals surface area (Å²) in [6.07, 6.45) is 10.5. The lowest BCUT2D eigenvalue weighted by Crippen LogP contribution is -1.95. The molecular formula is C47H76F2O. The predicted octanol–water partition coefficient (Wildman–Crippen LogP) is 16.2. The van der Waals surface area contributed by atoms with Crippen molar-refractivity contribution in [1.29, 1.82) is 0 Å². The molecule has 0 aliphatic rings. The number of aryl methyl sites for hydroxylation is 1. The minimum absolute atomic E-state index is 0.0185. The third-order valence-electron chi connectivity index (χ3n) is 7.10. The molecule has 0 amide bonds. The highest BCUT2D eigenvalue weighted by molar-refractivity contribution is 5.86. The van der Waals surface area contributed by atoms with Crippen LogP contribution in [0, 0.1) is 24.6 Å². The monoisotopic (exact) mass is 695 g/mol. The molecule has 0 aliphatic carbocycles. The Morgan fingerprint density at radius 1 is 0.840 bits per heavy atom. The fourth-order valence-electron chi connectivity index (χ4n) is 3.09. The Hall–Kier alpha value is -3.59. The largest absolute Gasteiger partial charge is 0.295 e. The number of hydrogen-bond donors (Lipinski definition) is 0. The van der Waals surface area contributed by atoms with Crippen molar-refractivity contribution in [3.63, 3.8) is 0 Å².